The van der Waals surface area contributed by atoms with E-state index in [-0.39, 0.29) is 6.03 Å². The molecule has 0 heterocycles. The van der Waals surface area contributed by atoms with Gasteiger partial charge in [-0.1, -0.05) is 35.3 Å². The Balaban J connectivity index is 1.89. The Bertz CT molecular complexity index is 657. The van der Waals surface area contributed by atoms with Crippen LogP contribution in [0.15, 0.2) is 42.5 Å². The average Bonchev–Trinajstić information content (AvgIpc) is 2.48. The Kier molecular flexibility index (Phi) is 5.52. The second-order valence-electron chi connectivity index (χ2n) is 4.99. The van der Waals surface area contributed by atoms with Crippen LogP contribution in [0.4, 0.5) is 16.2 Å². The van der Waals surface area contributed by atoms with Crippen molar-refractivity contribution in [2.24, 2.45) is 0 Å². The maximum Gasteiger partial charge on any atom is 0.319 e. The summed E-state index contributed by atoms with van der Waals surface area (Å²) in [6.45, 7) is 0.435. The Morgan fingerprint density at radius 3 is 2.36 bits per heavy atom. The zero-order chi connectivity index (χ0) is 16.1. The van der Waals surface area contributed by atoms with Crippen LogP contribution in [-0.2, 0) is 6.54 Å². The van der Waals surface area contributed by atoms with Gasteiger partial charge in [-0.05, 0) is 35.9 Å². The van der Waals surface area contributed by atoms with Gasteiger partial charge in [-0.15, -0.1) is 0 Å². The van der Waals surface area contributed by atoms with E-state index in [2.05, 4.69) is 10.6 Å². The summed E-state index contributed by atoms with van der Waals surface area (Å²) in [5.41, 5.74) is 2.65. The molecule has 6 heteroatoms. The fraction of sp³-hybridized carbons (Fsp3) is 0.188. The van der Waals surface area contributed by atoms with Crippen molar-refractivity contribution in [2.75, 3.05) is 24.3 Å². The fourth-order valence-corrected chi connectivity index (χ4v) is 2.31. The molecular formula is C16H17Cl2N3O. The van der Waals surface area contributed by atoms with Crippen LogP contribution < -0.4 is 15.5 Å². The highest BCUT2D eigenvalue weighted by Gasteiger charge is 2.06. The lowest BCUT2D eigenvalue weighted by Gasteiger charge is -2.13. The van der Waals surface area contributed by atoms with Gasteiger partial charge in [0.1, 0.15) is 0 Å². The first-order chi connectivity index (χ1) is 10.5. The van der Waals surface area contributed by atoms with Crippen LogP contribution in [0.5, 0.6) is 0 Å². The minimum absolute atomic E-state index is 0.319. The molecule has 2 aromatic carbocycles. The Morgan fingerprint density at radius 2 is 1.77 bits per heavy atom. The summed E-state index contributed by atoms with van der Waals surface area (Å²) < 4.78 is 0. The second-order valence-corrected chi connectivity index (χ2v) is 5.84. The van der Waals surface area contributed by atoms with E-state index in [1.54, 1.807) is 18.2 Å². The summed E-state index contributed by atoms with van der Waals surface area (Å²) in [6, 6.07) is 12.6. The third kappa shape index (κ3) is 4.55. The third-order valence-electron chi connectivity index (χ3n) is 3.09. The van der Waals surface area contributed by atoms with Crippen molar-refractivity contribution in [3.05, 3.63) is 58.1 Å². The first kappa shape index (κ1) is 16.5. The standard InChI is InChI=1S/C16H17Cl2N3O/c1-21(2)13-6-3-11(4-7-13)10-19-16(22)20-15-8-5-12(17)9-14(15)18/h3-9H,10H2,1-2H3,(H2,19,20,22). The zero-order valence-corrected chi connectivity index (χ0v) is 13.9. The topological polar surface area (TPSA) is 44.4 Å². The molecule has 0 spiro atoms. The number of anilines is 2. The zero-order valence-electron chi connectivity index (χ0n) is 12.4. The molecule has 2 N–H and O–H groups in total. The van der Waals surface area contributed by atoms with Crippen molar-refractivity contribution >= 4 is 40.6 Å². The van der Waals surface area contributed by atoms with Gasteiger partial charge in [0.25, 0.3) is 0 Å². The molecule has 0 fully saturated rings. The number of nitrogens with zero attached hydrogens (tertiary/aromatic N) is 1. The SMILES string of the molecule is CN(C)c1ccc(CNC(=O)Nc2ccc(Cl)cc2Cl)cc1. The highest BCUT2D eigenvalue weighted by atomic mass is 35.5. The highest BCUT2D eigenvalue weighted by molar-refractivity contribution is 6.36. The molecule has 22 heavy (non-hydrogen) atoms. The van der Waals surface area contributed by atoms with E-state index >= 15 is 0 Å². The maximum atomic E-state index is 11.9. The average molecular weight is 338 g/mol. The van der Waals surface area contributed by atoms with Crippen LogP contribution in [0, 0.1) is 0 Å². The molecule has 2 aromatic rings. The molecule has 116 valence electrons. The van der Waals surface area contributed by atoms with Crippen molar-refractivity contribution in [1.82, 2.24) is 5.32 Å². The Hall–Kier alpha value is -1.91. The molecule has 0 aliphatic rings. The molecule has 0 bridgehead atoms. The summed E-state index contributed by atoms with van der Waals surface area (Å²) >= 11 is 11.8. The highest BCUT2D eigenvalue weighted by Crippen LogP contribution is 2.25. The van der Waals surface area contributed by atoms with E-state index in [1.165, 1.54) is 0 Å². The van der Waals surface area contributed by atoms with Gasteiger partial charge in [0, 0.05) is 31.4 Å². The van der Waals surface area contributed by atoms with Gasteiger partial charge in [0.05, 0.1) is 10.7 Å². The first-order valence-corrected chi connectivity index (χ1v) is 7.47. The Morgan fingerprint density at radius 1 is 1.09 bits per heavy atom. The lowest BCUT2D eigenvalue weighted by Crippen LogP contribution is -2.28. The molecule has 4 nitrogen and oxygen atoms in total. The van der Waals surface area contributed by atoms with Crippen molar-refractivity contribution in [2.45, 2.75) is 6.54 Å². The summed E-state index contributed by atoms with van der Waals surface area (Å²) in [6.07, 6.45) is 0. The number of carbonyl (C=O) groups excluding carboxylic acids is 1. The lowest BCUT2D eigenvalue weighted by molar-refractivity contribution is 0.251. The van der Waals surface area contributed by atoms with Crippen LogP contribution in [0.2, 0.25) is 10.0 Å². The van der Waals surface area contributed by atoms with E-state index in [0.29, 0.717) is 22.3 Å². The molecule has 0 saturated carbocycles. The molecule has 0 atom stereocenters. The van der Waals surface area contributed by atoms with Crippen molar-refractivity contribution in [3.8, 4) is 0 Å². The second kappa shape index (κ2) is 7.38. The Labute approximate surface area is 140 Å². The van der Waals surface area contributed by atoms with Gasteiger partial charge in [-0.25, -0.2) is 4.79 Å². The molecule has 0 aromatic heterocycles. The van der Waals surface area contributed by atoms with Crippen LogP contribution in [0.25, 0.3) is 0 Å². The van der Waals surface area contributed by atoms with E-state index in [1.807, 2.05) is 43.3 Å². The van der Waals surface area contributed by atoms with E-state index < -0.39 is 0 Å². The number of amides is 2. The number of carbonyl (C=O) groups is 1. The van der Waals surface area contributed by atoms with Crippen molar-refractivity contribution < 1.29 is 4.79 Å². The number of hydrogen-bond donors (Lipinski definition) is 2. The smallest absolute Gasteiger partial charge is 0.319 e. The van der Waals surface area contributed by atoms with E-state index in [4.69, 9.17) is 23.2 Å². The maximum absolute atomic E-state index is 11.9. The van der Waals surface area contributed by atoms with Crippen LogP contribution in [0.3, 0.4) is 0 Å². The van der Waals surface area contributed by atoms with Crippen molar-refractivity contribution in [1.29, 1.82) is 0 Å². The van der Waals surface area contributed by atoms with Gasteiger partial charge in [-0.3, -0.25) is 0 Å². The number of rotatable bonds is 4. The lowest BCUT2D eigenvalue weighted by atomic mass is 10.2. The number of benzene rings is 2. The molecule has 0 aliphatic heterocycles. The molecule has 0 radical (unpaired) electrons. The van der Waals surface area contributed by atoms with Gasteiger partial charge in [0.15, 0.2) is 0 Å². The molecular weight excluding hydrogens is 321 g/mol. The van der Waals surface area contributed by atoms with Gasteiger partial charge < -0.3 is 15.5 Å². The molecule has 0 saturated heterocycles. The molecule has 2 rings (SSSR count). The van der Waals surface area contributed by atoms with Gasteiger partial charge in [0.2, 0.25) is 0 Å². The summed E-state index contributed by atoms with van der Waals surface area (Å²) in [4.78, 5) is 13.9. The molecule has 0 aliphatic carbocycles. The summed E-state index contributed by atoms with van der Waals surface area (Å²) in [5.74, 6) is 0. The predicted molar refractivity (Wildman–Crippen MR) is 93.1 cm³/mol. The number of urea groups is 1. The third-order valence-corrected chi connectivity index (χ3v) is 3.63. The quantitative estimate of drug-likeness (QED) is 0.869. The van der Waals surface area contributed by atoms with Gasteiger partial charge in [-0.2, -0.15) is 0 Å². The largest absolute Gasteiger partial charge is 0.378 e. The van der Waals surface area contributed by atoms with Crippen molar-refractivity contribution in [3.63, 3.8) is 0 Å². The van der Waals surface area contributed by atoms with Crippen LogP contribution in [-0.4, -0.2) is 20.1 Å². The summed E-state index contributed by atoms with van der Waals surface area (Å²) in [5, 5.41) is 6.40. The monoisotopic (exact) mass is 337 g/mol. The first-order valence-electron chi connectivity index (χ1n) is 6.72. The van der Waals surface area contributed by atoms with Crippen LogP contribution >= 0.6 is 23.2 Å². The normalized spacial score (nSPS) is 10.2. The number of hydrogen-bond acceptors (Lipinski definition) is 2. The molecule has 2 amide bonds. The fourth-order valence-electron chi connectivity index (χ4n) is 1.85. The number of nitrogens with one attached hydrogen (secondary N) is 2. The minimum atomic E-state index is -0.319. The van der Waals surface area contributed by atoms with E-state index in [9.17, 15) is 4.79 Å². The van der Waals surface area contributed by atoms with E-state index in [0.717, 1.165) is 11.3 Å². The minimum Gasteiger partial charge on any atom is -0.378 e. The molecule has 0 unspecified atom stereocenters. The predicted octanol–water partition coefficient (Wildman–Crippen LogP) is 4.38. The van der Waals surface area contributed by atoms with Gasteiger partial charge >= 0.3 is 6.03 Å². The summed E-state index contributed by atoms with van der Waals surface area (Å²) in [7, 11) is 3.97. The number of halogens is 2. The van der Waals surface area contributed by atoms with Crippen LogP contribution in [0.1, 0.15) is 5.56 Å².